The van der Waals surface area contributed by atoms with Crippen LogP contribution in [0.2, 0.25) is 0 Å². The Morgan fingerprint density at radius 2 is 2.39 bits per heavy atom. The SMILES string of the molecule is Cc1noc(=O)n1CC(F)=CCCC(N)C(=O)O. The molecule has 1 aromatic rings. The smallest absolute Gasteiger partial charge is 0.441 e. The third-order valence-corrected chi connectivity index (χ3v) is 2.34. The molecular weight excluding hydrogens is 245 g/mol. The molecule has 8 heteroatoms. The first-order valence-electron chi connectivity index (χ1n) is 5.28. The molecule has 0 saturated heterocycles. The molecule has 0 fully saturated rings. The van der Waals surface area contributed by atoms with Crippen LogP contribution in [0.5, 0.6) is 0 Å². The molecule has 0 amide bonds. The summed E-state index contributed by atoms with van der Waals surface area (Å²) in [5.41, 5.74) is 5.26. The number of hydrogen-bond acceptors (Lipinski definition) is 5. The highest BCUT2D eigenvalue weighted by Gasteiger charge is 2.11. The summed E-state index contributed by atoms with van der Waals surface area (Å²) < 4.78 is 18.8. The quantitative estimate of drug-likeness (QED) is 0.754. The Labute approximate surface area is 102 Å². The number of carbonyl (C=O) groups is 1. The Hall–Kier alpha value is -1.96. The molecule has 0 aliphatic heterocycles. The number of halogens is 1. The summed E-state index contributed by atoms with van der Waals surface area (Å²) >= 11 is 0. The van der Waals surface area contributed by atoms with Crippen LogP contribution in [0.25, 0.3) is 0 Å². The fourth-order valence-corrected chi connectivity index (χ4v) is 1.27. The Balaban J connectivity index is 2.53. The van der Waals surface area contributed by atoms with E-state index in [9.17, 15) is 14.0 Å². The normalized spacial score (nSPS) is 13.6. The number of aryl methyl sites for hydroxylation is 1. The predicted molar refractivity (Wildman–Crippen MR) is 59.5 cm³/mol. The lowest BCUT2D eigenvalue weighted by atomic mass is 10.1. The minimum Gasteiger partial charge on any atom is -0.480 e. The second-order valence-electron chi connectivity index (χ2n) is 3.75. The third-order valence-electron chi connectivity index (χ3n) is 2.34. The molecule has 100 valence electrons. The van der Waals surface area contributed by atoms with Gasteiger partial charge in [0.05, 0.1) is 6.54 Å². The van der Waals surface area contributed by atoms with Gasteiger partial charge in [0.25, 0.3) is 0 Å². The first-order chi connectivity index (χ1) is 8.41. The van der Waals surface area contributed by atoms with Crippen molar-refractivity contribution in [2.45, 2.75) is 32.4 Å². The van der Waals surface area contributed by atoms with Crippen LogP contribution in [0.3, 0.4) is 0 Å². The number of hydrogen-bond donors (Lipinski definition) is 2. The maximum atomic E-state index is 13.4. The van der Waals surface area contributed by atoms with Gasteiger partial charge >= 0.3 is 11.7 Å². The van der Waals surface area contributed by atoms with Crippen LogP contribution < -0.4 is 11.5 Å². The van der Waals surface area contributed by atoms with E-state index in [0.717, 1.165) is 4.57 Å². The molecule has 1 aromatic heterocycles. The average molecular weight is 259 g/mol. The zero-order chi connectivity index (χ0) is 13.7. The van der Waals surface area contributed by atoms with E-state index in [0.29, 0.717) is 0 Å². The third kappa shape index (κ3) is 3.81. The topological polar surface area (TPSA) is 111 Å². The number of nitrogens with two attached hydrogens (primary N) is 1. The van der Waals surface area contributed by atoms with Crippen molar-refractivity contribution < 1.29 is 18.8 Å². The highest BCUT2D eigenvalue weighted by molar-refractivity contribution is 5.72. The van der Waals surface area contributed by atoms with Gasteiger partial charge in [-0.15, -0.1) is 0 Å². The molecule has 7 nitrogen and oxygen atoms in total. The standard InChI is InChI=1S/C10H14FN3O4/c1-6-13-18-10(17)14(6)5-7(11)3-2-4-8(12)9(15)16/h3,8H,2,4-5,12H2,1H3,(H,15,16). The van der Waals surface area contributed by atoms with E-state index < -0.39 is 23.6 Å². The monoisotopic (exact) mass is 259 g/mol. The summed E-state index contributed by atoms with van der Waals surface area (Å²) in [5, 5.41) is 11.9. The summed E-state index contributed by atoms with van der Waals surface area (Å²) in [4.78, 5) is 21.5. The molecule has 0 spiro atoms. The van der Waals surface area contributed by atoms with Crippen molar-refractivity contribution in [3.8, 4) is 0 Å². The van der Waals surface area contributed by atoms with Crippen LogP contribution in [0, 0.1) is 6.92 Å². The molecule has 1 unspecified atom stereocenters. The molecule has 0 saturated carbocycles. The molecule has 1 heterocycles. The van der Waals surface area contributed by atoms with Gasteiger partial charge < -0.3 is 10.8 Å². The van der Waals surface area contributed by atoms with Crippen molar-refractivity contribution in [3.05, 3.63) is 28.3 Å². The van der Waals surface area contributed by atoms with Gasteiger partial charge in [0.15, 0.2) is 5.82 Å². The molecule has 0 aromatic carbocycles. The van der Waals surface area contributed by atoms with Gasteiger partial charge in [0.1, 0.15) is 11.9 Å². The Kier molecular flexibility index (Phi) is 4.78. The molecular formula is C10H14FN3O4. The maximum absolute atomic E-state index is 13.4. The second-order valence-corrected chi connectivity index (χ2v) is 3.75. The first kappa shape index (κ1) is 14.1. The fourth-order valence-electron chi connectivity index (χ4n) is 1.27. The molecule has 0 aliphatic rings. The summed E-state index contributed by atoms with van der Waals surface area (Å²) in [6.07, 6.45) is 1.50. The molecule has 18 heavy (non-hydrogen) atoms. The number of rotatable bonds is 6. The van der Waals surface area contributed by atoms with Gasteiger partial charge in [-0.3, -0.25) is 13.9 Å². The van der Waals surface area contributed by atoms with E-state index in [1.807, 2.05) is 0 Å². The average Bonchev–Trinajstić information content (AvgIpc) is 2.60. The summed E-state index contributed by atoms with van der Waals surface area (Å²) in [5.74, 6) is -2.17. The van der Waals surface area contributed by atoms with Gasteiger partial charge in [0.2, 0.25) is 0 Å². The second kappa shape index (κ2) is 6.10. The van der Waals surface area contributed by atoms with Crippen LogP contribution in [-0.4, -0.2) is 26.8 Å². The van der Waals surface area contributed by atoms with Crippen molar-refractivity contribution in [2.75, 3.05) is 0 Å². The van der Waals surface area contributed by atoms with Gasteiger partial charge in [-0.2, -0.15) is 0 Å². The highest BCUT2D eigenvalue weighted by atomic mass is 19.1. The van der Waals surface area contributed by atoms with E-state index in [1.54, 1.807) is 0 Å². The number of allylic oxidation sites excluding steroid dienone is 2. The molecule has 1 rings (SSSR count). The van der Waals surface area contributed by atoms with Crippen molar-refractivity contribution in [3.63, 3.8) is 0 Å². The van der Waals surface area contributed by atoms with Crippen molar-refractivity contribution in [1.82, 2.24) is 9.72 Å². The van der Waals surface area contributed by atoms with Crippen LogP contribution in [0.1, 0.15) is 18.7 Å². The zero-order valence-electron chi connectivity index (χ0n) is 9.80. The van der Waals surface area contributed by atoms with Gasteiger partial charge in [-0.25, -0.2) is 9.18 Å². The van der Waals surface area contributed by atoms with Crippen LogP contribution >= 0.6 is 0 Å². The van der Waals surface area contributed by atoms with Crippen LogP contribution in [-0.2, 0) is 11.3 Å². The summed E-state index contributed by atoms with van der Waals surface area (Å²) in [6.45, 7) is 1.23. The summed E-state index contributed by atoms with van der Waals surface area (Å²) in [7, 11) is 0. The van der Waals surface area contributed by atoms with Crippen molar-refractivity contribution in [2.24, 2.45) is 5.73 Å². The fraction of sp³-hybridized carbons (Fsp3) is 0.500. The van der Waals surface area contributed by atoms with Crippen molar-refractivity contribution >= 4 is 5.97 Å². The van der Waals surface area contributed by atoms with Gasteiger partial charge in [-0.1, -0.05) is 11.2 Å². The van der Waals surface area contributed by atoms with Gasteiger partial charge in [0, 0.05) is 0 Å². The lowest BCUT2D eigenvalue weighted by molar-refractivity contribution is -0.138. The molecule has 1 atom stereocenters. The lowest BCUT2D eigenvalue weighted by Crippen LogP contribution is -2.29. The number of carboxylic acid groups (broad SMARTS) is 1. The lowest BCUT2D eigenvalue weighted by Gasteiger charge is -2.03. The number of carboxylic acids is 1. The van der Waals surface area contributed by atoms with E-state index in [-0.39, 0.29) is 25.2 Å². The predicted octanol–water partition coefficient (Wildman–Crippen LogP) is 0.190. The minimum absolute atomic E-state index is 0.125. The first-order valence-corrected chi connectivity index (χ1v) is 5.28. The highest BCUT2D eigenvalue weighted by Crippen LogP contribution is 2.06. The van der Waals surface area contributed by atoms with Crippen molar-refractivity contribution in [1.29, 1.82) is 0 Å². The molecule has 3 N–H and O–H groups in total. The Morgan fingerprint density at radius 3 is 2.89 bits per heavy atom. The molecule has 0 bridgehead atoms. The van der Waals surface area contributed by atoms with E-state index in [2.05, 4.69) is 9.68 Å². The van der Waals surface area contributed by atoms with Crippen LogP contribution in [0.4, 0.5) is 4.39 Å². The molecule has 0 aliphatic carbocycles. The summed E-state index contributed by atoms with van der Waals surface area (Å²) in [6, 6.07) is -1.02. The number of aromatic nitrogens is 2. The number of aliphatic carboxylic acids is 1. The Bertz CT molecular complexity index is 505. The minimum atomic E-state index is -1.13. The molecule has 0 radical (unpaired) electrons. The van der Waals surface area contributed by atoms with E-state index in [1.165, 1.54) is 13.0 Å². The van der Waals surface area contributed by atoms with Gasteiger partial charge in [-0.05, 0) is 19.8 Å². The van der Waals surface area contributed by atoms with E-state index in [4.69, 9.17) is 10.8 Å². The number of nitrogens with zero attached hydrogens (tertiary/aromatic N) is 2. The zero-order valence-corrected chi connectivity index (χ0v) is 9.80. The Morgan fingerprint density at radius 1 is 1.72 bits per heavy atom. The largest absolute Gasteiger partial charge is 0.480 e. The van der Waals surface area contributed by atoms with E-state index >= 15 is 0 Å². The maximum Gasteiger partial charge on any atom is 0.441 e. The van der Waals surface area contributed by atoms with Crippen LogP contribution in [0.15, 0.2) is 21.2 Å².